The molecule has 2 rings (SSSR count). The van der Waals surface area contributed by atoms with Gasteiger partial charge in [-0.25, -0.2) is 0 Å². The molecule has 124 valence electrons. The molecule has 0 saturated carbocycles. The first-order chi connectivity index (χ1) is 10.9. The van der Waals surface area contributed by atoms with Crippen LogP contribution in [0.1, 0.15) is 48.8 Å². The van der Waals surface area contributed by atoms with Gasteiger partial charge in [0.15, 0.2) is 5.43 Å². The third-order valence-corrected chi connectivity index (χ3v) is 4.77. The number of carbonyl (C=O) groups is 1. The summed E-state index contributed by atoms with van der Waals surface area (Å²) >= 11 is 1.09. The molecule has 0 aliphatic carbocycles. The van der Waals surface area contributed by atoms with Crippen molar-refractivity contribution in [3.63, 3.8) is 0 Å². The summed E-state index contributed by atoms with van der Waals surface area (Å²) in [4.78, 5) is 23.5. The summed E-state index contributed by atoms with van der Waals surface area (Å²) in [7, 11) is 0. The Morgan fingerprint density at radius 2 is 2.04 bits per heavy atom. The number of fused-ring (bicyclic) bond motifs is 1. The van der Waals surface area contributed by atoms with Crippen LogP contribution >= 0.6 is 11.3 Å². The molecule has 0 spiro atoms. The van der Waals surface area contributed by atoms with Gasteiger partial charge in [0.1, 0.15) is 5.75 Å². The topological polar surface area (TPSA) is 66.4 Å². The molecule has 0 aliphatic heterocycles. The second kappa shape index (κ2) is 9.56. The van der Waals surface area contributed by atoms with Gasteiger partial charge in [-0.15, -0.1) is 11.3 Å². The summed E-state index contributed by atoms with van der Waals surface area (Å²) in [5, 5.41) is 11.6. The van der Waals surface area contributed by atoms with E-state index in [-0.39, 0.29) is 39.9 Å². The van der Waals surface area contributed by atoms with E-state index in [4.69, 9.17) is 4.74 Å². The fourth-order valence-corrected chi connectivity index (χ4v) is 3.45. The van der Waals surface area contributed by atoms with E-state index in [1.165, 1.54) is 0 Å². The number of aryl methyl sites for hydroxylation is 1. The van der Waals surface area contributed by atoms with E-state index in [9.17, 15) is 14.7 Å². The Balaban J connectivity index is 0.00000288. The molecule has 0 fully saturated rings. The van der Waals surface area contributed by atoms with Crippen LogP contribution in [0.15, 0.2) is 23.0 Å². The van der Waals surface area contributed by atoms with Crippen molar-refractivity contribution in [2.45, 2.75) is 40.0 Å². The van der Waals surface area contributed by atoms with Gasteiger partial charge in [0.2, 0.25) is 0 Å². The van der Waals surface area contributed by atoms with Gasteiger partial charge in [-0.1, -0.05) is 33.3 Å². The van der Waals surface area contributed by atoms with Crippen LogP contribution in [0, 0.1) is 5.92 Å². The van der Waals surface area contributed by atoms with E-state index in [0.717, 1.165) is 42.2 Å². The molecule has 4 nitrogen and oxygen atoms in total. The minimum atomic E-state index is -1.32. The van der Waals surface area contributed by atoms with E-state index in [1.807, 2.05) is 19.1 Å². The smallest absolute Gasteiger partial charge is 0.544 e. The normalized spacial score (nSPS) is 10.7. The zero-order chi connectivity index (χ0) is 17.0. The summed E-state index contributed by atoms with van der Waals surface area (Å²) < 4.78 is 6.48. The molecule has 0 bridgehead atoms. The van der Waals surface area contributed by atoms with Crippen molar-refractivity contribution in [1.29, 1.82) is 0 Å². The van der Waals surface area contributed by atoms with Crippen molar-refractivity contribution >= 4 is 27.4 Å². The van der Waals surface area contributed by atoms with Crippen LogP contribution in [0.25, 0.3) is 10.1 Å². The van der Waals surface area contributed by atoms with Crippen LogP contribution < -0.4 is 44.8 Å². The first kappa shape index (κ1) is 21.2. The SMILES string of the molecule is CCCc1ccc(OCCC(C)C)c2c(=O)cc(C(=O)[O-])sc12.[Na+]. The maximum atomic E-state index is 12.4. The molecule has 1 aromatic heterocycles. The Morgan fingerprint density at radius 3 is 2.62 bits per heavy atom. The number of carbonyl (C=O) groups excluding carboxylic acids is 1. The van der Waals surface area contributed by atoms with Gasteiger partial charge in [-0.2, -0.15) is 0 Å². The van der Waals surface area contributed by atoms with Crippen molar-refractivity contribution in [2.75, 3.05) is 6.61 Å². The number of rotatable bonds is 7. The third kappa shape index (κ3) is 5.06. The Morgan fingerprint density at radius 1 is 1.33 bits per heavy atom. The molecule has 0 radical (unpaired) electrons. The van der Waals surface area contributed by atoms with Crippen LogP contribution in [-0.4, -0.2) is 12.6 Å². The molecule has 0 saturated heterocycles. The van der Waals surface area contributed by atoms with Crippen molar-refractivity contribution in [2.24, 2.45) is 5.92 Å². The van der Waals surface area contributed by atoms with Gasteiger partial charge in [-0.3, -0.25) is 4.79 Å². The van der Waals surface area contributed by atoms with Crippen molar-refractivity contribution < 1.29 is 44.2 Å². The summed E-state index contributed by atoms with van der Waals surface area (Å²) in [5.74, 6) is -0.269. The fourth-order valence-electron chi connectivity index (χ4n) is 2.38. The molecule has 1 aromatic carbocycles. The van der Waals surface area contributed by atoms with Crippen LogP contribution in [-0.2, 0) is 6.42 Å². The van der Waals surface area contributed by atoms with Gasteiger partial charge >= 0.3 is 29.6 Å². The molecule has 0 amide bonds. The number of aromatic carboxylic acids is 1. The van der Waals surface area contributed by atoms with E-state index in [1.54, 1.807) is 0 Å². The summed E-state index contributed by atoms with van der Waals surface area (Å²) in [6.45, 7) is 6.80. The van der Waals surface area contributed by atoms with Gasteiger partial charge < -0.3 is 14.6 Å². The Labute approximate surface area is 168 Å². The molecule has 1 heterocycles. The average Bonchev–Trinajstić information content (AvgIpc) is 2.48. The number of carboxylic acids is 1. The summed E-state index contributed by atoms with van der Waals surface area (Å²) in [6.07, 6.45) is 2.60. The number of ether oxygens (including phenoxy) is 1. The largest absolute Gasteiger partial charge is 1.00 e. The van der Waals surface area contributed by atoms with Crippen LogP contribution in [0.4, 0.5) is 0 Å². The summed E-state index contributed by atoms with van der Waals surface area (Å²) in [5.41, 5.74) is 0.652. The quantitative estimate of drug-likeness (QED) is 0.656. The van der Waals surface area contributed by atoms with Gasteiger partial charge in [0, 0.05) is 10.8 Å². The van der Waals surface area contributed by atoms with Gasteiger partial charge in [0.05, 0.1) is 22.8 Å². The Hall–Kier alpha value is -0.880. The molecule has 24 heavy (non-hydrogen) atoms. The number of carboxylic acid groups (broad SMARTS) is 1. The second-order valence-electron chi connectivity index (χ2n) is 5.97. The fraction of sp³-hybridized carbons (Fsp3) is 0.444. The molecule has 0 aliphatic rings. The minimum absolute atomic E-state index is 0. The monoisotopic (exact) mass is 356 g/mol. The molecular formula is C18H21NaO4S. The average molecular weight is 356 g/mol. The molecule has 0 unspecified atom stereocenters. The van der Waals surface area contributed by atoms with E-state index in [0.29, 0.717) is 28.4 Å². The van der Waals surface area contributed by atoms with Gasteiger partial charge in [0.25, 0.3) is 0 Å². The van der Waals surface area contributed by atoms with Crippen molar-refractivity contribution in [3.05, 3.63) is 38.9 Å². The second-order valence-corrected chi connectivity index (χ2v) is 7.02. The molecule has 6 heteroatoms. The van der Waals surface area contributed by atoms with E-state index in [2.05, 4.69) is 13.8 Å². The van der Waals surface area contributed by atoms with Crippen molar-refractivity contribution in [3.8, 4) is 5.75 Å². The summed E-state index contributed by atoms with van der Waals surface area (Å²) in [6, 6.07) is 4.87. The third-order valence-electron chi connectivity index (χ3n) is 3.59. The number of hydrogen-bond donors (Lipinski definition) is 0. The molecule has 0 atom stereocenters. The number of hydrogen-bond acceptors (Lipinski definition) is 5. The maximum absolute atomic E-state index is 12.4. The predicted molar refractivity (Wildman–Crippen MR) is 91.4 cm³/mol. The van der Waals surface area contributed by atoms with Crippen LogP contribution in [0.2, 0.25) is 0 Å². The molecule has 2 aromatic rings. The maximum Gasteiger partial charge on any atom is 1.00 e. The number of benzene rings is 1. The predicted octanol–water partition coefficient (Wildman–Crippen LogP) is 0.00640. The van der Waals surface area contributed by atoms with E-state index < -0.39 is 5.97 Å². The zero-order valence-corrected chi connectivity index (χ0v) is 17.5. The minimum Gasteiger partial charge on any atom is -0.544 e. The Bertz CT molecular complexity index is 767. The zero-order valence-electron chi connectivity index (χ0n) is 14.7. The standard InChI is InChI=1S/C18H22O4S.Na/c1-4-5-12-6-7-14(22-9-8-11(2)3)16-13(19)10-15(18(20)21)23-17(12)16;/h6-7,10-11H,4-5,8-9H2,1-3H3,(H,20,21);/q;+1/p-1. The first-order valence-corrected chi connectivity index (χ1v) is 8.69. The van der Waals surface area contributed by atoms with Crippen LogP contribution in [0.5, 0.6) is 5.75 Å². The van der Waals surface area contributed by atoms with E-state index >= 15 is 0 Å². The first-order valence-electron chi connectivity index (χ1n) is 7.88. The molecule has 0 N–H and O–H groups in total. The van der Waals surface area contributed by atoms with Crippen molar-refractivity contribution in [1.82, 2.24) is 0 Å². The van der Waals surface area contributed by atoms with Gasteiger partial charge in [-0.05, 0) is 30.4 Å². The molecular weight excluding hydrogens is 335 g/mol. The van der Waals surface area contributed by atoms with Crippen LogP contribution in [0.3, 0.4) is 0 Å². The Kier molecular flexibility index (Phi) is 8.43.